The Labute approximate surface area is 156 Å². The van der Waals surface area contributed by atoms with Crippen LogP contribution in [0.2, 0.25) is 0 Å². The molecule has 5 nitrogen and oxygen atoms in total. The van der Waals surface area contributed by atoms with Crippen molar-refractivity contribution in [3.63, 3.8) is 0 Å². The molecule has 1 N–H and O–H groups in total. The predicted molar refractivity (Wildman–Crippen MR) is 101 cm³/mol. The molecule has 122 valence electrons. The molecule has 8 heteroatoms. The third kappa shape index (κ3) is 3.26. The first kappa shape index (κ1) is 16.8. The zero-order valence-corrected chi connectivity index (χ0v) is 15.6. The fourth-order valence-corrected chi connectivity index (χ4v) is 3.82. The van der Waals surface area contributed by atoms with Gasteiger partial charge in [-0.3, -0.25) is 19.8 Å². The summed E-state index contributed by atoms with van der Waals surface area (Å²) in [6.07, 6.45) is 1.56. The minimum Gasteiger partial charge on any atom is -0.497 e. The van der Waals surface area contributed by atoms with E-state index in [1.165, 1.54) is 16.2 Å². The molecule has 2 amide bonds. The summed E-state index contributed by atoms with van der Waals surface area (Å²) in [5.41, 5.74) is 0.595. The van der Waals surface area contributed by atoms with Crippen molar-refractivity contribution in [2.45, 2.75) is 0 Å². The lowest BCUT2D eigenvalue weighted by atomic mass is 10.1. The van der Waals surface area contributed by atoms with E-state index in [9.17, 15) is 9.59 Å². The molecule has 0 unspecified atom stereocenters. The average Bonchev–Trinajstić information content (AvgIpc) is 2.97. The summed E-state index contributed by atoms with van der Waals surface area (Å²) in [6.45, 7) is 0. The number of carbonyl (C=O) groups is 2. The first-order valence-corrected chi connectivity index (χ1v) is 8.82. The summed E-state index contributed by atoms with van der Waals surface area (Å²) >= 11 is 9.94. The van der Waals surface area contributed by atoms with Gasteiger partial charge in [0, 0.05) is 4.88 Å². The van der Waals surface area contributed by atoms with Gasteiger partial charge in [-0.2, -0.15) is 0 Å². The number of rotatable bonds is 3. The fourth-order valence-electron chi connectivity index (χ4n) is 2.17. The molecule has 1 aliphatic heterocycles. The summed E-state index contributed by atoms with van der Waals surface area (Å²) < 4.78 is 6.03. The van der Waals surface area contributed by atoms with E-state index < -0.39 is 11.8 Å². The number of benzene rings is 1. The lowest BCUT2D eigenvalue weighted by Gasteiger charge is -2.28. The number of thiocarbonyl (C=S) groups is 1. The first-order chi connectivity index (χ1) is 11.5. The molecule has 2 heterocycles. The Morgan fingerprint density at radius 3 is 2.50 bits per heavy atom. The summed E-state index contributed by atoms with van der Waals surface area (Å²) in [7, 11) is 1.56. The summed E-state index contributed by atoms with van der Waals surface area (Å²) in [5, 5.41) is 2.61. The van der Waals surface area contributed by atoms with Gasteiger partial charge >= 0.3 is 0 Å². The monoisotopic (exact) mass is 422 g/mol. The van der Waals surface area contributed by atoms with Crippen molar-refractivity contribution in [1.29, 1.82) is 0 Å². The van der Waals surface area contributed by atoms with Crippen molar-refractivity contribution in [1.82, 2.24) is 5.32 Å². The highest BCUT2D eigenvalue weighted by atomic mass is 79.9. The van der Waals surface area contributed by atoms with Crippen LogP contribution in [-0.2, 0) is 9.59 Å². The van der Waals surface area contributed by atoms with E-state index in [-0.39, 0.29) is 10.7 Å². The first-order valence-electron chi connectivity index (χ1n) is 6.80. The van der Waals surface area contributed by atoms with Gasteiger partial charge in [0.2, 0.25) is 0 Å². The third-order valence-electron chi connectivity index (χ3n) is 3.31. The topological polar surface area (TPSA) is 58.6 Å². The van der Waals surface area contributed by atoms with E-state index >= 15 is 0 Å². The molecule has 2 aromatic rings. The second kappa shape index (κ2) is 6.84. The number of carbonyl (C=O) groups excluding carboxylic acids is 2. The molecule has 0 radical (unpaired) electrons. The minimum atomic E-state index is -0.501. The van der Waals surface area contributed by atoms with Crippen LogP contribution in [0.3, 0.4) is 0 Å². The SMILES string of the molecule is COc1ccc(N2C(=O)C(=Cc3ccc(Br)s3)C(=O)NC2=S)cc1. The van der Waals surface area contributed by atoms with Crippen molar-refractivity contribution < 1.29 is 14.3 Å². The maximum Gasteiger partial charge on any atom is 0.270 e. The molecule has 0 aliphatic carbocycles. The molecule has 1 saturated heterocycles. The van der Waals surface area contributed by atoms with Crippen molar-refractivity contribution in [2.24, 2.45) is 0 Å². The smallest absolute Gasteiger partial charge is 0.270 e. The van der Waals surface area contributed by atoms with Crippen LogP contribution < -0.4 is 15.0 Å². The molecule has 0 saturated carbocycles. The zero-order chi connectivity index (χ0) is 17.3. The molecule has 1 aromatic heterocycles. The number of thiophene rings is 1. The Morgan fingerprint density at radius 2 is 1.92 bits per heavy atom. The Morgan fingerprint density at radius 1 is 1.21 bits per heavy atom. The number of nitrogens with zero attached hydrogens (tertiary/aromatic N) is 1. The van der Waals surface area contributed by atoms with Gasteiger partial charge in [-0.1, -0.05) is 0 Å². The number of hydrogen-bond donors (Lipinski definition) is 1. The quantitative estimate of drug-likeness (QED) is 0.468. The van der Waals surface area contributed by atoms with E-state index in [1.54, 1.807) is 37.5 Å². The van der Waals surface area contributed by atoms with E-state index in [0.717, 1.165) is 8.66 Å². The van der Waals surface area contributed by atoms with Crippen molar-refractivity contribution >= 4 is 68.2 Å². The molecule has 1 aliphatic rings. The summed E-state index contributed by atoms with van der Waals surface area (Å²) in [4.78, 5) is 27.0. The Balaban J connectivity index is 1.97. The fraction of sp³-hybridized carbons (Fsp3) is 0.0625. The normalized spacial score (nSPS) is 16.5. The predicted octanol–water partition coefficient (Wildman–Crippen LogP) is 3.35. The highest BCUT2D eigenvalue weighted by molar-refractivity contribution is 9.11. The van der Waals surface area contributed by atoms with Crippen molar-refractivity contribution in [3.8, 4) is 5.75 Å². The third-order valence-corrected chi connectivity index (χ3v) is 5.17. The van der Waals surface area contributed by atoms with Gasteiger partial charge in [-0.05, 0) is 70.6 Å². The van der Waals surface area contributed by atoms with Gasteiger partial charge in [0.25, 0.3) is 11.8 Å². The van der Waals surface area contributed by atoms with Gasteiger partial charge in [-0.15, -0.1) is 11.3 Å². The van der Waals surface area contributed by atoms with Crippen LogP contribution in [0.25, 0.3) is 6.08 Å². The van der Waals surface area contributed by atoms with Crippen LogP contribution in [-0.4, -0.2) is 24.0 Å². The standard InChI is InChI=1S/C16H11BrN2O3S2/c1-22-10-4-2-9(3-5-10)19-15(21)12(14(20)18-16(19)23)8-11-6-7-13(17)24-11/h2-8H,1H3,(H,18,20,23). The molecule has 1 fully saturated rings. The van der Waals surface area contributed by atoms with Crippen LogP contribution in [0.1, 0.15) is 4.88 Å². The molecular formula is C16H11BrN2O3S2. The average molecular weight is 423 g/mol. The van der Waals surface area contributed by atoms with E-state index in [2.05, 4.69) is 21.2 Å². The maximum atomic E-state index is 12.8. The number of anilines is 1. The molecule has 0 spiro atoms. The van der Waals surface area contributed by atoms with Gasteiger partial charge in [-0.25, -0.2) is 0 Å². The molecule has 1 aromatic carbocycles. The Bertz CT molecular complexity index is 858. The molecular weight excluding hydrogens is 412 g/mol. The molecule has 0 atom stereocenters. The van der Waals surface area contributed by atoms with Gasteiger partial charge in [0.15, 0.2) is 5.11 Å². The lowest BCUT2D eigenvalue weighted by molar-refractivity contribution is -0.122. The lowest BCUT2D eigenvalue weighted by Crippen LogP contribution is -2.54. The maximum absolute atomic E-state index is 12.8. The largest absolute Gasteiger partial charge is 0.497 e. The molecule has 0 bridgehead atoms. The Hall–Kier alpha value is -2.03. The highest BCUT2D eigenvalue weighted by Crippen LogP contribution is 2.27. The molecule has 3 rings (SSSR count). The van der Waals surface area contributed by atoms with Crippen molar-refractivity contribution in [3.05, 3.63) is 50.6 Å². The number of ether oxygens (including phenoxy) is 1. The Kier molecular flexibility index (Phi) is 4.79. The van der Waals surface area contributed by atoms with E-state index in [0.29, 0.717) is 11.4 Å². The zero-order valence-electron chi connectivity index (χ0n) is 12.4. The van der Waals surface area contributed by atoms with Crippen LogP contribution in [0.15, 0.2) is 45.8 Å². The second-order valence-electron chi connectivity index (χ2n) is 4.80. The number of methoxy groups -OCH3 is 1. The summed E-state index contributed by atoms with van der Waals surface area (Å²) in [6, 6.07) is 10.5. The van der Waals surface area contributed by atoms with Crippen molar-refractivity contribution in [2.75, 3.05) is 12.0 Å². The van der Waals surface area contributed by atoms with Gasteiger partial charge < -0.3 is 4.74 Å². The van der Waals surface area contributed by atoms with Gasteiger partial charge in [0.05, 0.1) is 16.6 Å². The van der Waals surface area contributed by atoms with Crippen LogP contribution in [0.4, 0.5) is 5.69 Å². The number of hydrogen-bond acceptors (Lipinski definition) is 5. The van der Waals surface area contributed by atoms with E-state index in [1.807, 2.05) is 12.1 Å². The minimum absolute atomic E-state index is 0.0359. The van der Waals surface area contributed by atoms with E-state index in [4.69, 9.17) is 17.0 Å². The summed E-state index contributed by atoms with van der Waals surface area (Å²) in [5.74, 6) is -0.296. The van der Waals surface area contributed by atoms with Crippen LogP contribution in [0, 0.1) is 0 Å². The highest BCUT2D eigenvalue weighted by Gasteiger charge is 2.34. The second-order valence-corrected chi connectivity index (χ2v) is 7.68. The molecule has 24 heavy (non-hydrogen) atoms. The van der Waals surface area contributed by atoms with Crippen LogP contribution in [0.5, 0.6) is 5.75 Å². The number of nitrogens with one attached hydrogen (secondary N) is 1. The van der Waals surface area contributed by atoms with Crippen LogP contribution >= 0.6 is 39.5 Å². The number of amides is 2. The van der Waals surface area contributed by atoms with Gasteiger partial charge in [0.1, 0.15) is 11.3 Å². The number of halogens is 1.